The van der Waals surface area contributed by atoms with Gasteiger partial charge in [0.1, 0.15) is 5.75 Å². The third kappa shape index (κ3) is 1.74. The Kier molecular flexibility index (Phi) is 2.70. The van der Waals surface area contributed by atoms with Crippen molar-refractivity contribution < 1.29 is 5.11 Å². The van der Waals surface area contributed by atoms with Gasteiger partial charge < -0.3 is 10.8 Å². The minimum Gasteiger partial charge on any atom is -0.508 e. The Morgan fingerprint density at radius 2 is 1.73 bits per heavy atom. The SMILES string of the molecule is CC(N)C1(c2ccc(O)cc2)CCCC1. The van der Waals surface area contributed by atoms with E-state index in [4.69, 9.17) is 5.73 Å². The Morgan fingerprint density at radius 1 is 1.20 bits per heavy atom. The lowest BCUT2D eigenvalue weighted by atomic mass is 9.74. The second-order valence-electron chi connectivity index (χ2n) is 4.70. The molecule has 1 fully saturated rings. The zero-order valence-electron chi connectivity index (χ0n) is 9.24. The summed E-state index contributed by atoms with van der Waals surface area (Å²) in [5.74, 6) is 0.330. The first kappa shape index (κ1) is 10.5. The van der Waals surface area contributed by atoms with Crippen LogP contribution in [0.25, 0.3) is 0 Å². The molecule has 1 aliphatic rings. The van der Waals surface area contributed by atoms with Crippen molar-refractivity contribution in [2.24, 2.45) is 5.73 Å². The van der Waals surface area contributed by atoms with Gasteiger partial charge in [0.05, 0.1) is 0 Å². The molecule has 0 heterocycles. The van der Waals surface area contributed by atoms with Crippen LogP contribution in [0, 0.1) is 0 Å². The van der Waals surface area contributed by atoms with Gasteiger partial charge in [-0.15, -0.1) is 0 Å². The van der Waals surface area contributed by atoms with E-state index in [0.717, 1.165) is 0 Å². The highest BCUT2D eigenvalue weighted by Gasteiger charge is 2.38. The zero-order valence-corrected chi connectivity index (χ0v) is 9.24. The van der Waals surface area contributed by atoms with E-state index in [-0.39, 0.29) is 11.5 Å². The Balaban J connectivity index is 2.36. The summed E-state index contributed by atoms with van der Waals surface area (Å²) in [6.07, 6.45) is 4.88. The summed E-state index contributed by atoms with van der Waals surface area (Å²) in [6.45, 7) is 2.10. The highest BCUT2D eigenvalue weighted by atomic mass is 16.3. The van der Waals surface area contributed by atoms with Crippen molar-refractivity contribution in [3.63, 3.8) is 0 Å². The van der Waals surface area contributed by atoms with Crippen LogP contribution < -0.4 is 5.73 Å². The maximum Gasteiger partial charge on any atom is 0.115 e. The summed E-state index contributed by atoms with van der Waals surface area (Å²) in [5.41, 5.74) is 7.57. The van der Waals surface area contributed by atoms with E-state index in [1.807, 2.05) is 12.1 Å². The number of aromatic hydroxyl groups is 1. The van der Waals surface area contributed by atoms with Crippen LogP contribution in [0.3, 0.4) is 0 Å². The monoisotopic (exact) mass is 205 g/mol. The molecule has 1 aromatic carbocycles. The van der Waals surface area contributed by atoms with Crippen LogP contribution in [0.2, 0.25) is 0 Å². The predicted molar refractivity (Wildman–Crippen MR) is 61.9 cm³/mol. The van der Waals surface area contributed by atoms with Gasteiger partial charge in [0, 0.05) is 11.5 Å². The van der Waals surface area contributed by atoms with Gasteiger partial charge in [-0.05, 0) is 37.5 Å². The number of rotatable bonds is 2. The molecule has 2 nitrogen and oxygen atoms in total. The van der Waals surface area contributed by atoms with E-state index >= 15 is 0 Å². The third-order valence-electron chi connectivity index (χ3n) is 3.81. The average Bonchev–Trinajstić information content (AvgIpc) is 2.69. The maximum atomic E-state index is 9.29. The van der Waals surface area contributed by atoms with Crippen LogP contribution in [0.15, 0.2) is 24.3 Å². The Bertz CT molecular complexity index is 323. The van der Waals surface area contributed by atoms with E-state index < -0.39 is 0 Å². The molecule has 0 amide bonds. The molecule has 0 aromatic heterocycles. The molecule has 1 aromatic rings. The second-order valence-corrected chi connectivity index (χ2v) is 4.70. The lowest BCUT2D eigenvalue weighted by molar-refractivity contribution is 0.368. The van der Waals surface area contributed by atoms with Crippen LogP contribution >= 0.6 is 0 Å². The van der Waals surface area contributed by atoms with E-state index in [1.165, 1.54) is 31.2 Å². The van der Waals surface area contributed by atoms with Crippen LogP contribution in [0.4, 0.5) is 0 Å². The fourth-order valence-corrected chi connectivity index (χ4v) is 2.81. The Morgan fingerprint density at radius 3 is 2.20 bits per heavy atom. The highest BCUT2D eigenvalue weighted by Crippen LogP contribution is 2.43. The number of hydrogen-bond donors (Lipinski definition) is 2. The molecule has 0 aliphatic heterocycles. The molecule has 1 saturated carbocycles. The molecule has 0 bridgehead atoms. The van der Waals surface area contributed by atoms with Crippen molar-refractivity contribution in [2.45, 2.75) is 44.1 Å². The zero-order chi connectivity index (χ0) is 10.9. The van der Waals surface area contributed by atoms with Gasteiger partial charge in [-0.25, -0.2) is 0 Å². The van der Waals surface area contributed by atoms with Crippen LogP contribution in [-0.2, 0) is 5.41 Å². The van der Waals surface area contributed by atoms with Crippen LogP contribution in [0.5, 0.6) is 5.75 Å². The number of hydrogen-bond acceptors (Lipinski definition) is 2. The van der Waals surface area contributed by atoms with Crippen molar-refractivity contribution in [3.8, 4) is 5.75 Å². The first-order chi connectivity index (χ1) is 7.15. The van der Waals surface area contributed by atoms with Crippen molar-refractivity contribution in [2.75, 3.05) is 0 Å². The molecular weight excluding hydrogens is 186 g/mol. The third-order valence-corrected chi connectivity index (χ3v) is 3.81. The lowest BCUT2D eigenvalue weighted by Gasteiger charge is -2.33. The summed E-state index contributed by atoms with van der Waals surface area (Å²) in [4.78, 5) is 0. The summed E-state index contributed by atoms with van der Waals surface area (Å²) >= 11 is 0. The van der Waals surface area contributed by atoms with Crippen molar-refractivity contribution in [1.29, 1.82) is 0 Å². The largest absolute Gasteiger partial charge is 0.508 e. The molecule has 2 rings (SSSR count). The predicted octanol–water partition coefficient (Wildman–Crippen LogP) is 2.55. The van der Waals surface area contributed by atoms with Crippen LogP contribution in [-0.4, -0.2) is 11.1 Å². The Hall–Kier alpha value is -1.02. The average molecular weight is 205 g/mol. The maximum absolute atomic E-state index is 9.29. The first-order valence-electron chi connectivity index (χ1n) is 5.70. The molecule has 1 unspecified atom stereocenters. The van der Waals surface area contributed by atoms with Gasteiger partial charge in [0.15, 0.2) is 0 Å². The summed E-state index contributed by atoms with van der Waals surface area (Å²) in [5, 5.41) is 9.29. The smallest absolute Gasteiger partial charge is 0.115 e. The minimum absolute atomic E-state index is 0.147. The number of benzene rings is 1. The second kappa shape index (κ2) is 3.86. The summed E-state index contributed by atoms with van der Waals surface area (Å²) < 4.78 is 0. The number of phenolic OH excluding ortho intramolecular Hbond substituents is 1. The molecule has 1 atom stereocenters. The van der Waals surface area contributed by atoms with E-state index in [2.05, 4.69) is 6.92 Å². The summed E-state index contributed by atoms with van der Waals surface area (Å²) in [7, 11) is 0. The van der Waals surface area contributed by atoms with E-state index in [0.29, 0.717) is 5.75 Å². The molecule has 82 valence electrons. The lowest BCUT2D eigenvalue weighted by Crippen LogP contribution is -2.41. The fraction of sp³-hybridized carbons (Fsp3) is 0.538. The molecule has 2 heteroatoms. The molecule has 0 saturated heterocycles. The Labute approximate surface area is 91.1 Å². The topological polar surface area (TPSA) is 46.2 Å². The molecule has 0 spiro atoms. The van der Waals surface area contributed by atoms with E-state index in [9.17, 15) is 5.11 Å². The molecule has 15 heavy (non-hydrogen) atoms. The number of nitrogens with two attached hydrogens (primary N) is 1. The normalized spacial score (nSPS) is 21.5. The quantitative estimate of drug-likeness (QED) is 0.779. The van der Waals surface area contributed by atoms with Gasteiger partial charge in [-0.2, -0.15) is 0 Å². The van der Waals surface area contributed by atoms with Gasteiger partial charge in [0.2, 0.25) is 0 Å². The van der Waals surface area contributed by atoms with Crippen molar-refractivity contribution >= 4 is 0 Å². The van der Waals surface area contributed by atoms with Crippen LogP contribution in [0.1, 0.15) is 38.2 Å². The molecular formula is C13H19NO. The van der Waals surface area contributed by atoms with Crippen molar-refractivity contribution in [3.05, 3.63) is 29.8 Å². The minimum atomic E-state index is 0.147. The van der Waals surface area contributed by atoms with Gasteiger partial charge in [-0.3, -0.25) is 0 Å². The first-order valence-corrected chi connectivity index (χ1v) is 5.70. The van der Waals surface area contributed by atoms with Gasteiger partial charge >= 0.3 is 0 Å². The van der Waals surface area contributed by atoms with Crippen molar-refractivity contribution in [1.82, 2.24) is 0 Å². The standard InChI is InChI=1S/C13H19NO/c1-10(14)13(8-2-3-9-13)11-4-6-12(15)7-5-11/h4-7,10,15H,2-3,8-9,14H2,1H3. The number of phenols is 1. The fourth-order valence-electron chi connectivity index (χ4n) is 2.81. The highest BCUT2D eigenvalue weighted by molar-refractivity contribution is 5.33. The summed E-state index contributed by atoms with van der Waals surface area (Å²) in [6, 6.07) is 7.74. The molecule has 1 aliphatic carbocycles. The van der Waals surface area contributed by atoms with E-state index in [1.54, 1.807) is 12.1 Å². The van der Waals surface area contributed by atoms with Gasteiger partial charge in [-0.1, -0.05) is 25.0 Å². The molecule has 0 radical (unpaired) electrons. The van der Waals surface area contributed by atoms with Gasteiger partial charge in [0.25, 0.3) is 0 Å². The molecule has 3 N–H and O–H groups in total.